The zero-order valence-corrected chi connectivity index (χ0v) is 18.7. The fraction of sp³-hybridized carbons (Fsp3) is 0.0455. The molecule has 0 radical (unpaired) electrons. The van der Waals surface area contributed by atoms with E-state index in [-0.39, 0.29) is 0 Å². The molecule has 0 N–H and O–H groups in total. The minimum Gasteiger partial charge on any atom is -0.268 e. The predicted molar refractivity (Wildman–Crippen MR) is 124 cm³/mol. The molecular formula is C22H15ClN6S2. The van der Waals surface area contributed by atoms with E-state index in [1.165, 1.54) is 28.7 Å². The van der Waals surface area contributed by atoms with Gasteiger partial charge in [0.2, 0.25) is 5.16 Å². The number of nitrogens with zero attached hydrogens (tertiary/aromatic N) is 6. The Labute approximate surface area is 192 Å². The third-order valence-corrected chi connectivity index (χ3v) is 6.84. The minimum atomic E-state index is 0.608. The molecule has 3 heterocycles. The second-order valence-electron chi connectivity index (χ2n) is 6.67. The van der Waals surface area contributed by atoms with Gasteiger partial charge in [-0.25, -0.2) is 0 Å². The van der Waals surface area contributed by atoms with Crippen molar-refractivity contribution in [3.63, 3.8) is 0 Å². The number of para-hydroxylation sites is 1. The Morgan fingerprint density at radius 1 is 0.839 bits per heavy atom. The highest BCUT2D eigenvalue weighted by Gasteiger charge is 2.20. The highest BCUT2D eigenvalue weighted by Crippen LogP contribution is 2.37. The van der Waals surface area contributed by atoms with E-state index in [1.54, 1.807) is 12.4 Å². The molecule has 0 unspecified atom stereocenters. The molecule has 0 aliphatic carbocycles. The Balaban J connectivity index is 1.55. The first-order valence-corrected chi connectivity index (χ1v) is 11.4. The first kappa shape index (κ1) is 19.9. The van der Waals surface area contributed by atoms with E-state index in [1.807, 2.05) is 41.0 Å². The van der Waals surface area contributed by atoms with Crippen LogP contribution in [-0.2, 0) is 0 Å². The van der Waals surface area contributed by atoms with Crippen molar-refractivity contribution in [2.24, 2.45) is 0 Å². The third-order valence-electron chi connectivity index (χ3n) is 4.55. The van der Waals surface area contributed by atoms with Crippen molar-refractivity contribution >= 4 is 34.7 Å². The van der Waals surface area contributed by atoms with Crippen molar-refractivity contribution in [1.82, 2.24) is 29.9 Å². The van der Waals surface area contributed by atoms with Crippen LogP contribution < -0.4 is 0 Å². The monoisotopic (exact) mass is 462 g/mol. The molecule has 3 aromatic heterocycles. The van der Waals surface area contributed by atoms with Crippen molar-refractivity contribution in [2.45, 2.75) is 16.4 Å². The van der Waals surface area contributed by atoms with Gasteiger partial charge in [-0.1, -0.05) is 64.9 Å². The third kappa shape index (κ3) is 4.10. The van der Waals surface area contributed by atoms with E-state index in [9.17, 15) is 0 Å². The summed E-state index contributed by atoms with van der Waals surface area (Å²) in [6.07, 6.45) is 3.46. The van der Waals surface area contributed by atoms with Crippen LogP contribution in [0.15, 0.2) is 82.6 Å². The first-order chi connectivity index (χ1) is 15.2. The van der Waals surface area contributed by atoms with Crippen molar-refractivity contribution in [1.29, 1.82) is 0 Å². The minimum absolute atomic E-state index is 0.608. The summed E-state index contributed by atoms with van der Waals surface area (Å²) >= 11 is 9.45. The summed E-state index contributed by atoms with van der Waals surface area (Å²) in [6.45, 7) is 2.06. The van der Waals surface area contributed by atoms with E-state index in [2.05, 4.69) is 56.6 Å². The fourth-order valence-electron chi connectivity index (χ4n) is 3.02. The molecule has 5 aromatic rings. The van der Waals surface area contributed by atoms with Crippen LogP contribution >= 0.6 is 34.7 Å². The van der Waals surface area contributed by atoms with Crippen LogP contribution in [0.3, 0.4) is 0 Å². The van der Waals surface area contributed by atoms with Gasteiger partial charge < -0.3 is 0 Å². The van der Waals surface area contributed by atoms with Gasteiger partial charge in [0.1, 0.15) is 5.01 Å². The van der Waals surface area contributed by atoms with Gasteiger partial charge in [0, 0.05) is 23.5 Å². The van der Waals surface area contributed by atoms with Crippen LogP contribution in [0.2, 0.25) is 5.02 Å². The molecular weight excluding hydrogens is 448 g/mol. The second-order valence-corrected chi connectivity index (χ2v) is 9.27. The van der Waals surface area contributed by atoms with Gasteiger partial charge in [-0.05, 0) is 43.0 Å². The molecule has 0 aliphatic rings. The second kappa shape index (κ2) is 8.58. The van der Waals surface area contributed by atoms with E-state index >= 15 is 0 Å². The van der Waals surface area contributed by atoms with Crippen molar-refractivity contribution in [3.8, 4) is 27.6 Å². The molecule has 6 nitrogen and oxygen atoms in total. The summed E-state index contributed by atoms with van der Waals surface area (Å²) in [5.74, 6) is 0.682. The summed E-state index contributed by atoms with van der Waals surface area (Å²) in [7, 11) is 0. The number of rotatable bonds is 5. The van der Waals surface area contributed by atoms with Gasteiger partial charge in [0.25, 0.3) is 0 Å². The molecule has 0 amide bonds. The Bertz CT molecular complexity index is 1330. The van der Waals surface area contributed by atoms with Gasteiger partial charge in [-0.3, -0.25) is 9.55 Å². The zero-order valence-electron chi connectivity index (χ0n) is 16.3. The van der Waals surface area contributed by atoms with E-state index in [4.69, 9.17) is 11.6 Å². The molecule has 0 aliphatic heterocycles. The average molecular weight is 463 g/mol. The topological polar surface area (TPSA) is 69.4 Å². The van der Waals surface area contributed by atoms with E-state index in [0.717, 1.165) is 26.2 Å². The van der Waals surface area contributed by atoms with Crippen molar-refractivity contribution in [2.75, 3.05) is 0 Å². The molecule has 0 atom stereocenters. The Kier molecular flexibility index (Phi) is 5.50. The zero-order chi connectivity index (χ0) is 21.2. The van der Waals surface area contributed by atoms with Gasteiger partial charge >= 0.3 is 0 Å². The van der Waals surface area contributed by atoms with Crippen LogP contribution in [-0.4, -0.2) is 29.9 Å². The lowest BCUT2D eigenvalue weighted by atomic mass is 10.2. The standard InChI is InChI=1S/C22H15ClN6S2/c1-14-6-8-16(9-7-14)20-26-28-22(30-20)31-21-27-25-19(15-10-12-24-13-11-15)29(21)18-5-3-2-4-17(18)23/h2-13H,1H3. The summed E-state index contributed by atoms with van der Waals surface area (Å²) < 4.78 is 2.72. The largest absolute Gasteiger partial charge is 0.268 e. The lowest BCUT2D eigenvalue weighted by Gasteiger charge is -2.11. The van der Waals surface area contributed by atoms with Crippen LogP contribution in [0, 0.1) is 6.92 Å². The number of hydrogen-bond donors (Lipinski definition) is 0. The Hall–Kier alpha value is -3.07. The molecule has 0 fully saturated rings. The molecule has 0 saturated carbocycles. The maximum absolute atomic E-state index is 6.52. The number of benzene rings is 2. The molecule has 5 rings (SSSR count). The summed E-state index contributed by atoms with van der Waals surface area (Å²) in [4.78, 5) is 4.10. The lowest BCUT2D eigenvalue weighted by Crippen LogP contribution is -2.00. The maximum Gasteiger partial charge on any atom is 0.203 e. The highest BCUT2D eigenvalue weighted by molar-refractivity contribution is 8.00. The SMILES string of the molecule is Cc1ccc(-c2nnc(Sc3nnc(-c4ccncc4)n3-c3ccccc3Cl)s2)cc1. The molecule has 0 saturated heterocycles. The average Bonchev–Trinajstić information content (AvgIpc) is 3.43. The van der Waals surface area contributed by atoms with Gasteiger partial charge in [0.15, 0.2) is 10.2 Å². The van der Waals surface area contributed by atoms with E-state index in [0.29, 0.717) is 16.0 Å². The predicted octanol–water partition coefficient (Wildman–Crippen LogP) is 5.96. The Morgan fingerprint density at radius 3 is 2.39 bits per heavy atom. The molecule has 152 valence electrons. The smallest absolute Gasteiger partial charge is 0.203 e. The van der Waals surface area contributed by atoms with Crippen molar-refractivity contribution < 1.29 is 0 Å². The van der Waals surface area contributed by atoms with Crippen LogP contribution in [0.1, 0.15) is 5.56 Å². The molecule has 0 bridgehead atoms. The van der Waals surface area contributed by atoms with Crippen LogP contribution in [0.25, 0.3) is 27.6 Å². The van der Waals surface area contributed by atoms with Gasteiger partial charge in [0.05, 0.1) is 10.7 Å². The summed E-state index contributed by atoms with van der Waals surface area (Å²) in [6, 6.07) is 19.7. The number of aryl methyl sites for hydroxylation is 1. The molecule has 0 spiro atoms. The number of pyridine rings is 1. The Morgan fingerprint density at radius 2 is 1.61 bits per heavy atom. The van der Waals surface area contributed by atoms with E-state index < -0.39 is 0 Å². The molecule has 31 heavy (non-hydrogen) atoms. The van der Waals surface area contributed by atoms with Crippen LogP contribution in [0.4, 0.5) is 0 Å². The fourth-order valence-corrected chi connectivity index (χ4v) is 5.04. The molecule has 2 aromatic carbocycles. The molecule has 9 heteroatoms. The first-order valence-electron chi connectivity index (χ1n) is 9.38. The normalized spacial score (nSPS) is 11.0. The van der Waals surface area contributed by atoms with Gasteiger partial charge in [-0.2, -0.15) is 0 Å². The summed E-state index contributed by atoms with van der Waals surface area (Å²) in [5.41, 5.74) is 3.94. The van der Waals surface area contributed by atoms with Crippen LogP contribution in [0.5, 0.6) is 0 Å². The lowest BCUT2D eigenvalue weighted by molar-refractivity contribution is 0.882. The quantitative estimate of drug-likeness (QED) is 0.321. The van der Waals surface area contributed by atoms with Crippen molar-refractivity contribution in [3.05, 3.63) is 83.6 Å². The number of aromatic nitrogens is 6. The maximum atomic E-state index is 6.52. The number of halogens is 1. The summed E-state index contributed by atoms with van der Waals surface area (Å²) in [5, 5.41) is 19.7. The number of hydrogen-bond acceptors (Lipinski definition) is 7. The van der Waals surface area contributed by atoms with Gasteiger partial charge in [-0.15, -0.1) is 20.4 Å². The highest BCUT2D eigenvalue weighted by atomic mass is 35.5.